The van der Waals surface area contributed by atoms with Crippen LogP contribution in [-0.2, 0) is 24.1 Å². The Hall–Kier alpha value is -3.74. The number of amides is 1. The smallest absolute Gasteiger partial charge is 0.340 e. The normalized spacial score (nSPS) is 14.7. The lowest BCUT2D eigenvalue weighted by atomic mass is 9.94. The molecule has 0 spiro atoms. The monoisotopic (exact) mass is 431 g/mol. The van der Waals surface area contributed by atoms with Gasteiger partial charge in [-0.1, -0.05) is 0 Å². The van der Waals surface area contributed by atoms with Gasteiger partial charge in [-0.05, 0) is 49.9 Å². The van der Waals surface area contributed by atoms with Crippen molar-refractivity contribution in [3.8, 4) is 11.5 Å². The van der Waals surface area contributed by atoms with E-state index >= 15 is 0 Å². The topological polar surface area (TPSA) is 90.9 Å². The third-order valence-electron chi connectivity index (χ3n) is 6.36. The molecule has 4 aromatic rings. The maximum Gasteiger partial charge on any atom is 0.340 e. The van der Waals surface area contributed by atoms with Crippen molar-refractivity contribution in [2.75, 3.05) is 12.1 Å². The molecule has 2 aliphatic rings. The van der Waals surface area contributed by atoms with Gasteiger partial charge in [-0.2, -0.15) is 0 Å². The van der Waals surface area contributed by atoms with E-state index in [0.29, 0.717) is 28.3 Å². The van der Waals surface area contributed by atoms with Crippen molar-refractivity contribution in [3.05, 3.63) is 63.2 Å². The molecule has 162 valence electrons. The Labute approximate surface area is 182 Å². The van der Waals surface area contributed by atoms with Crippen molar-refractivity contribution in [3.63, 3.8) is 0 Å². The molecule has 1 N–H and O–H groups in total. The Morgan fingerprint density at radius 1 is 0.969 bits per heavy atom. The maximum absolute atomic E-state index is 12.7. The first-order valence-electron chi connectivity index (χ1n) is 10.8. The lowest BCUT2D eigenvalue weighted by Crippen LogP contribution is -2.20. The van der Waals surface area contributed by atoms with E-state index < -0.39 is 5.63 Å². The summed E-state index contributed by atoms with van der Waals surface area (Å²) in [4.78, 5) is 25.4. The van der Waals surface area contributed by atoms with Crippen molar-refractivity contribution < 1.29 is 23.1 Å². The number of hydrogen-bond acceptors (Lipinski definition) is 6. The van der Waals surface area contributed by atoms with Gasteiger partial charge in [-0.25, -0.2) is 4.79 Å². The molecule has 0 bridgehead atoms. The largest absolute Gasteiger partial charge is 0.461 e. The van der Waals surface area contributed by atoms with Crippen LogP contribution in [0.5, 0.6) is 11.5 Å². The highest BCUT2D eigenvalue weighted by Crippen LogP contribution is 2.36. The summed E-state index contributed by atoms with van der Waals surface area (Å²) in [6.45, 7) is 2.03. The zero-order chi connectivity index (χ0) is 21.8. The van der Waals surface area contributed by atoms with Crippen molar-refractivity contribution in [2.45, 2.75) is 39.0 Å². The van der Waals surface area contributed by atoms with E-state index in [4.69, 9.17) is 18.3 Å². The highest BCUT2D eigenvalue weighted by Gasteiger charge is 2.21. The van der Waals surface area contributed by atoms with Gasteiger partial charge < -0.3 is 23.6 Å². The minimum Gasteiger partial charge on any atom is -0.461 e. The van der Waals surface area contributed by atoms with Crippen LogP contribution in [0.25, 0.3) is 21.9 Å². The Morgan fingerprint density at radius 3 is 2.69 bits per heavy atom. The second-order valence-electron chi connectivity index (χ2n) is 8.34. The highest BCUT2D eigenvalue weighted by atomic mass is 16.7. The second kappa shape index (κ2) is 7.15. The van der Waals surface area contributed by atoms with E-state index in [1.807, 2.05) is 13.0 Å². The number of benzene rings is 2. The number of furan rings is 1. The summed E-state index contributed by atoms with van der Waals surface area (Å²) in [5.41, 5.74) is 3.66. The fourth-order valence-corrected chi connectivity index (χ4v) is 4.69. The Morgan fingerprint density at radius 2 is 1.78 bits per heavy atom. The van der Waals surface area contributed by atoms with E-state index in [9.17, 15) is 9.59 Å². The van der Waals surface area contributed by atoms with Gasteiger partial charge in [0.05, 0.1) is 12.0 Å². The molecule has 6 rings (SSSR count). The zero-order valence-electron chi connectivity index (χ0n) is 17.6. The molecular formula is C25H21NO6. The maximum atomic E-state index is 12.7. The third kappa shape index (κ3) is 3.04. The molecule has 0 fully saturated rings. The number of carbonyl (C=O) groups excluding carboxylic acids is 1. The molecule has 0 atom stereocenters. The van der Waals surface area contributed by atoms with Crippen LogP contribution in [-0.4, -0.2) is 12.7 Å². The molecule has 2 aromatic heterocycles. The third-order valence-corrected chi connectivity index (χ3v) is 6.36. The quantitative estimate of drug-likeness (QED) is 0.476. The van der Waals surface area contributed by atoms with E-state index in [1.54, 1.807) is 24.3 Å². The molecule has 7 nitrogen and oxygen atoms in total. The molecule has 0 saturated heterocycles. The Balaban J connectivity index is 1.34. The van der Waals surface area contributed by atoms with E-state index in [2.05, 4.69) is 5.32 Å². The predicted octanol–water partition coefficient (Wildman–Crippen LogP) is 4.64. The highest BCUT2D eigenvalue weighted by molar-refractivity contribution is 5.98. The number of fused-ring (bicyclic) bond motifs is 5. The molecule has 1 aliphatic carbocycles. The van der Waals surface area contributed by atoms with Gasteiger partial charge in [0.2, 0.25) is 12.7 Å². The van der Waals surface area contributed by atoms with Crippen molar-refractivity contribution >= 4 is 33.5 Å². The van der Waals surface area contributed by atoms with Gasteiger partial charge in [-0.15, -0.1) is 0 Å². The molecule has 1 amide bonds. The number of aryl methyl sites for hydroxylation is 3. The average Bonchev–Trinajstić information content (AvgIpc) is 3.39. The molecule has 0 saturated carbocycles. The van der Waals surface area contributed by atoms with Gasteiger partial charge in [0.1, 0.15) is 16.9 Å². The summed E-state index contributed by atoms with van der Waals surface area (Å²) in [6.07, 6.45) is 4.13. The van der Waals surface area contributed by atoms with E-state index in [-0.39, 0.29) is 19.1 Å². The van der Waals surface area contributed by atoms with Crippen LogP contribution >= 0.6 is 0 Å². The van der Waals surface area contributed by atoms with Gasteiger partial charge in [0.25, 0.3) is 0 Å². The first-order valence-corrected chi connectivity index (χ1v) is 10.8. The fraction of sp³-hybridized carbons (Fsp3) is 0.280. The molecule has 1 aliphatic heterocycles. The Bertz CT molecular complexity index is 1460. The number of hydrogen-bond donors (Lipinski definition) is 1. The summed E-state index contributed by atoms with van der Waals surface area (Å²) in [7, 11) is 0. The Kier molecular flexibility index (Phi) is 4.24. The molecular weight excluding hydrogens is 410 g/mol. The van der Waals surface area contributed by atoms with Crippen molar-refractivity contribution in [1.82, 2.24) is 0 Å². The summed E-state index contributed by atoms with van der Waals surface area (Å²) >= 11 is 0. The molecule has 7 heteroatoms. The first-order chi connectivity index (χ1) is 15.6. The van der Waals surface area contributed by atoms with Crippen LogP contribution in [0.1, 0.15) is 35.3 Å². The number of ether oxygens (including phenoxy) is 2. The summed E-state index contributed by atoms with van der Waals surface area (Å²) in [5.74, 6) is 1.95. The SMILES string of the molecule is Cc1c(CC(=O)Nc2ccc3c(c2)OCO3)c(=O)oc2cc3oc4c(c3cc12)CCCC4. The standard InChI is InChI=1S/C25H21NO6/c1-13-16-9-18-15-4-2-3-5-19(15)31-22(18)11-21(16)32-25(28)17(13)10-24(27)26-14-6-7-20-23(8-14)30-12-29-20/h6-9,11H,2-5,10,12H2,1H3,(H,26,27). The van der Waals surface area contributed by atoms with Gasteiger partial charge in [0.15, 0.2) is 11.5 Å². The van der Waals surface area contributed by atoms with Crippen LogP contribution in [0.3, 0.4) is 0 Å². The lowest BCUT2D eigenvalue weighted by Gasteiger charge is -2.10. The number of anilines is 1. The fourth-order valence-electron chi connectivity index (χ4n) is 4.69. The number of rotatable bonds is 3. The van der Waals surface area contributed by atoms with Crippen LogP contribution in [0.15, 0.2) is 44.0 Å². The molecule has 32 heavy (non-hydrogen) atoms. The van der Waals surface area contributed by atoms with Crippen molar-refractivity contribution in [1.29, 1.82) is 0 Å². The van der Waals surface area contributed by atoms with Crippen LogP contribution in [0.4, 0.5) is 5.69 Å². The zero-order valence-corrected chi connectivity index (χ0v) is 17.6. The van der Waals surface area contributed by atoms with E-state index in [0.717, 1.165) is 53.4 Å². The minimum absolute atomic E-state index is 0.0833. The molecule has 3 heterocycles. The van der Waals surface area contributed by atoms with Crippen LogP contribution in [0, 0.1) is 6.92 Å². The number of nitrogens with one attached hydrogen (secondary N) is 1. The molecule has 2 aromatic carbocycles. The second-order valence-corrected chi connectivity index (χ2v) is 8.34. The van der Waals surface area contributed by atoms with Gasteiger partial charge in [0, 0.05) is 40.6 Å². The number of carbonyl (C=O) groups is 1. The molecule has 0 radical (unpaired) electrons. The van der Waals surface area contributed by atoms with Crippen LogP contribution < -0.4 is 20.4 Å². The lowest BCUT2D eigenvalue weighted by molar-refractivity contribution is -0.115. The van der Waals surface area contributed by atoms with E-state index in [1.165, 1.54) is 5.56 Å². The van der Waals surface area contributed by atoms with Crippen molar-refractivity contribution in [2.24, 2.45) is 0 Å². The summed E-state index contributed by atoms with van der Waals surface area (Å²) < 4.78 is 22.3. The average molecular weight is 431 g/mol. The van der Waals surface area contributed by atoms with Crippen LogP contribution in [0.2, 0.25) is 0 Å². The summed E-state index contributed by atoms with van der Waals surface area (Å²) in [6, 6.07) is 9.02. The minimum atomic E-state index is -0.508. The van der Waals surface area contributed by atoms with Gasteiger partial charge >= 0.3 is 5.63 Å². The summed E-state index contributed by atoms with van der Waals surface area (Å²) in [5, 5.41) is 4.72. The van der Waals surface area contributed by atoms with Gasteiger partial charge in [-0.3, -0.25) is 4.79 Å². The first kappa shape index (κ1) is 19.0. The predicted molar refractivity (Wildman–Crippen MR) is 119 cm³/mol. The molecule has 0 unspecified atom stereocenters.